The second-order valence-corrected chi connectivity index (χ2v) is 8.15. The van der Waals surface area contributed by atoms with Gasteiger partial charge in [-0.2, -0.15) is 13.2 Å². The first-order valence-corrected chi connectivity index (χ1v) is 10.1. The molecular weight excluding hydrogens is 442 g/mol. The number of ether oxygens (including phenoxy) is 3. The van der Waals surface area contributed by atoms with Crippen LogP contribution < -0.4 is 19.1 Å². The van der Waals surface area contributed by atoms with Gasteiger partial charge in [0.15, 0.2) is 11.5 Å². The maximum atomic E-state index is 14.0. The Labute approximate surface area is 185 Å². The summed E-state index contributed by atoms with van der Waals surface area (Å²) in [7, 11) is 0. The van der Waals surface area contributed by atoms with E-state index in [9.17, 15) is 22.4 Å². The van der Waals surface area contributed by atoms with Crippen LogP contribution in [0.25, 0.3) is 0 Å². The van der Waals surface area contributed by atoms with E-state index in [0.717, 1.165) is 12.1 Å². The average Bonchev–Trinajstić information content (AvgIpc) is 3.44. The fraction of sp³-hybridized carbons (Fsp3) is 0.208. The zero-order valence-corrected chi connectivity index (χ0v) is 16.9. The van der Waals surface area contributed by atoms with E-state index in [1.54, 1.807) is 36.4 Å². The largest absolute Gasteiger partial charge is 0.491 e. The Bertz CT molecular complexity index is 1320. The zero-order chi connectivity index (χ0) is 23.0. The topological polar surface area (TPSA) is 48.0 Å². The maximum absolute atomic E-state index is 14.0. The van der Waals surface area contributed by atoms with E-state index in [-0.39, 0.29) is 31.4 Å². The number of hydrogen-bond donors (Lipinski definition) is 0. The number of nitrogens with zero attached hydrogens (tertiary/aromatic N) is 1. The average molecular weight is 457 g/mol. The summed E-state index contributed by atoms with van der Waals surface area (Å²) in [5, 5.41) is 0. The maximum Gasteiger partial charge on any atom is 0.416 e. The van der Waals surface area contributed by atoms with Crippen LogP contribution in [0.4, 0.5) is 23.2 Å². The highest BCUT2D eigenvalue weighted by Crippen LogP contribution is 2.55. The van der Waals surface area contributed by atoms with Crippen molar-refractivity contribution in [2.24, 2.45) is 0 Å². The Hall–Kier alpha value is -3.75. The van der Waals surface area contributed by atoms with Crippen LogP contribution >= 0.6 is 0 Å². The molecule has 3 aromatic rings. The third-order valence-electron chi connectivity index (χ3n) is 6.27. The second-order valence-electron chi connectivity index (χ2n) is 8.15. The van der Waals surface area contributed by atoms with E-state index in [0.29, 0.717) is 40.1 Å². The standard InChI is InChI=1S/C24H15F4NO4/c25-15-6-13(5-14(7-15)24(26,27)28)10-29-18-4-2-1-3-16(18)23(22(29)30)11-31-19-9-21-20(8-17(19)23)32-12-33-21/h1-9H,10-12H2. The molecule has 3 aliphatic heterocycles. The predicted molar refractivity (Wildman–Crippen MR) is 108 cm³/mol. The number of anilines is 1. The molecule has 6 rings (SSSR count). The Kier molecular flexibility index (Phi) is 4.00. The molecule has 0 N–H and O–H groups in total. The molecule has 0 aromatic heterocycles. The lowest BCUT2D eigenvalue weighted by Crippen LogP contribution is -2.42. The van der Waals surface area contributed by atoms with Gasteiger partial charge in [0, 0.05) is 17.3 Å². The number of hydrogen-bond acceptors (Lipinski definition) is 4. The molecule has 3 heterocycles. The van der Waals surface area contributed by atoms with Crippen LogP contribution in [-0.4, -0.2) is 19.3 Å². The van der Waals surface area contributed by atoms with Crippen molar-refractivity contribution >= 4 is 11.6 Å². The molecule has 33 heavy (non-hydrogen) atoms. The number of benzene rings is 3. The fourth-order valence-electron chi connectivity index (χ4n) is 4.81. The molecular formula is C24H15F4NO4. The minimum Gasteiger partial charge on any atom is -0.491 e. The van der Waals surface area contributed by atoms with Gasteiger partial charge in [-0.05, 0) is 41.5 Å². The summed E-state index contributed by atoms with van der Waals surface area (Å²) in [4.78, 5) is 15.3. The number of carbonyl (C=O) groups is 1. The fourth-order valence-corrected chi connectivity index (χ4v) is 4.81. The lowest BCUT2D eigenvalue weighted by molar-refractivity contribution is -0.137. The van der Waals surface area contributed by atoms with E-state index in [1.165, 1.54) is 4.90 Å². The molecule has 1 amide bonds. The first kappa shape index (κ1) is 19.9. The molecule has 0 radical (unpaired) electrons. The quantitative estimate of drug-likeness (QED) is 0.519. The smallest absolute Gasteiger partial charge is 0.416 e. The molecule has 9 heteroatoms. The highest BCUT2D eigenvalue weighted by molar-refractivity contribution is 6.11. The molecule has 1 unspecified atom stereocenters. The summed E-state index contributed by atoms with van der Waals surface area (Å²) in [6.45, 7) is -0.143. The molecule has 0 bridgehead atoms. The third-order valence-corrected chi connectivity index (χ3v) is 6.27. The SMILES string of the molecule is O=C1N(Cc2cc(F)cc(C(F)(F)F)c2)c2ccccc2C12COc1cc3c(cc12)OCO3. The van der Waals surface area contributed by atoms with Gasteiger partial charge in [0.05, 0.1) is 12.1 Å². The van der Waals surface area contributed by atoms with Crippen molar-refractivity contribution in [3.63, 3.8) is 0 Å². The van der Waals surface area contributed by atoms with Crippen LogP contribution in [0.2, 0.25) is 0 Å². The first-order chi connectivity index (χ1) is 15.8. The van der Waals surface area contributed by atoms with E-state index in [2.05, 4.69) is 0 Å². The van der Waals surface area contributed by atoms with Crippen molar-refractivity contribution in [1.82, 2.24) is 0 Å². The van der Waals surface area contributed by atoms with Crippen molar-refractivity contribution in [2.75, 3.05) is 18.3 Å². The van der Waals surface area contributed by atoms with Crippen molar-refractivity contribution < 1.29 is 36.6 Å². The van der Waals surface area contributed by atoms with Crippen LogP contribution in [-0.2, 0) is 22.9 Å². The lowest BCUT2D eigenvalue weighted by atomic mass is 9.77. The number of amides is 1. The van der Waals surface area contributed by atoms with Gasteiger partial charge in [0.25, 0.3) is 0 Å². The summed E-state index contributed by atoms with van der Waals surface area (Å²) in [6, 6.07) is 12.7. The first-order valence-electron chi connectivity index (χ1n) is 10.1. The van der Waals surface area contributed by atoms with Gasteiger partial charge < -0.3 is 19.1 Å². The van der Waals surface area contributed by atoms with Crippen molar-refractivity contribution in [1.29, 1.82) is 0 Å². The van der Waals surface area contributed by atoms with Gasteiger partial charge in [0.1, 0.15) is 23.6 Å². The van der Waals surface area contributed by atoms with E-state index < -0.39 is 23.0 Å². The summed E-state index contributed by atoms with van der Waals surface area (Å²) >= 11 is 0. The van der Waals surface area contributed by atoms with Crippen LogP contribution in [0.3, 0.4) is 0 Å². The lowest BCUT2D eigenvalue weighted by Gasteiger charge is -2.23. The Morgan fingerprint density at radius 2 is 1.67 bits per heavy atom. The summed E-state index contributed by atoms with van der Waals surface area (Å²) in [6.07, 6.45) is -4.70. The van der Waals surface area contributed by atoms with E-state index >= 15 is 0 Å². The molecule has 3 aliphatic rings. The van der Waals surface area contributed by atoms with E-state index in [1.807, 2.05) is 0 Å². The van der Waals surface area contributed by atoms with Crippen LogP contribution in [0.15, 0.2) is 54.6 Å². The minimum atomic E-state index is -4.70. The third kappa shape index (κ3) is 2.81. The van der Waals surface area contributed by atoms with Gasteiger partial charge in [-0.3, -0.25) is 4.79 Å². The Morgan fingerprint density at radius 1 is 0.909 bits per heavy atom. The van der Waals surface area contributed by atoms with Crippen molar-refractivity contribution in [3.8, 4) is 17.2 Å². The highest BCUT2D eigenvalue weighted by atomic mass is 19.4. The summed E-state index contributed by atoms with van der Waals surface area (Å²) in [5.74, 6) is 0.105. The molecule has 1 spiro atoms. The number of para-hydroxylation sites is 1. The Morgan fingerprint density at radius 3 is 2.45 bits per heavy atom. The molecule has 3 aromatic carbocycles. The molecule has 0 aliphatic carbocycles. The molecule has 1 atom stereocenters. The van der Waals surface area contributed by atoms with Crippen molar-refractivity contribution in [3.05, 3.63) is 82.7 Å². The second kappa shape index (κ2) is 6.63. The zero-order valence-electron chi connectivity index (χ0n) is 16.9. The molecule has 5 nitrogen and oxygen atoms in total. The molecule has 168 valence electrons. The molecule has 0 saturated carbocycles. The minimum absolute atomic E-state index is 0.0223. The summed E-state index contributed by atoms with van der Waals surface area (Å²) in [5.41, 5.74) is -0.453. The van der Waals surface area contributed by atoms with E-state index in [4.69, 9.17) is 14.2 Å². The molecule has 0 fully saturated rings. The summed E-state index contributed by atoms with van der Waals surface area (Å²) < 4.78 is 70.4. The van der Waals surface area contributed by atoms with Gasteiger partial charge >= 0.3 is 6.18 Å². The number of alkyl halides is 3. The van der Waals surface area contributed by atoms with Gasteiger partial charge in [-0.25, -0.2) is 4.39 Å². The number of halogens is 4. The number of rotatable bonds is 2. The number of carbonyl (C=O) groups excluding carboxylic acids is 1. The monoisotopic (exact) mass is 457 g/mol. The van der Waals surface area contributed by atoms with Crippen LogP contribution in [0.5, 0.6) is 17.2 Å². The number of fused-ring (bicyclic) bond motifs is 5. The van der Waals surface area contributed by atoms with Gasteiger partial charge in [0.2, 0.25) is 12.7 Å². The normalized spacial score (nSPS) is 20.2. The highest BCUT2D eigenvalue weighted by Gasteiger charge is 2.57. The molecule has 0 saturated heterocycles. The van der Waals surface area contributed by atoms with Gasteiger partial charge in [-0.1, -0.05) is 18.2 Å². The predicted octanol–water partition coefficient (Wildman–Crippen LogP) is 4.80. The van der Waals surface area contributed by atoms with Crippen LogP contribution in [0, 0.1) is 5.82 Å². The Balaban J connectivity index is 1.46. The van der Waals surface area contributed by atoms with Crippen molar-refractivity contribution in [2.45, 2.75) is 18.1 Å². The van der Waals surface area contributed by atoms with Gasteiger partial charge in [-0.15, -0.1) is 0 Å². The van der Waals surface area contributed by atoms with Crippen LogP contribution in [0.1, 0.15) is 22.3 Å².